The van der Waals surface area contributed by atoms with E-state index in [1.54, 1.807) is 62.4 Å². The van der Waals surface area contributed by atoms with Gasteiger partial charge in [-0.25, -0.2) is 0 Å². The van der Waals surface area contributed by atoms with E-state index in [1.165, 1.54) is 26.2 Å². The molecule has 3 rings (SSSR count). The van der Waals surface area contributed by atoms with Crippen LogP contribution in [-0.4, -0.2) is 36.8 Å². The lowest BCUT2D eigenvalue weighted by Crippen LogP contribution is -2.21. The maximum atomic E-state index is 12.8. The first-order valence-corrected chi connectivity index (χ1v) is 12.4. The quantitative estimate of drug-likeness (QED) is 0.191. The Morgan fingerprint density at radius 1 is 0.829 bits per heavy atom. The second-order valence-corrected chi connectivity index (χ2v) is 8.43. The lowest BCUT2D eigenvalue weighted by Gasteiger charge is -2.11. The predicted molar refractivity (Wildman–Crippen MR) is 149 cm³/mol. The van der Waals surface area contributed by atoms with Gasteiger partial charge in [-0.15, -0.1) is 0 Å². The maximum absolute atomic E-state index is 12.8. The summed E-state index contributed by atoms with van der Waals surface area (Å²) in [4.78, 5) is 27.8. The van der Waals surface area contributed by atoms with Crippen molar-refractivity contribution in [2.24, 2.45) is 15.5 Å². The van der Waals surface area contributed by atoms with E-state index in [0.29, 0.717) is 40.6 Å². The number of ether oxygens (including phenoxy) is 1. The Hall–Kier alpha value is -4.87. The van der Waals surface area contributed by atoms with Crippen molar-refractivity contribution in [1.29, 1.82) is 0 Å². The van der Waals surface area contributed by atoms with Crippen LogP contribution in [0.25, 0.3) is 0 Å². The molecule has 0 unspecified atom stereocenters. The monoisotopic (exact) mass is 570 g/mol. The highest BCUT2D eigenvalue weighted by molar-refractivity contribution is 6.47. The number of carbonyl (C=O) groups is 1. The van der Waals surface area contributed by atoms with Crippen molar-refractivity contribution in [2.45, 2.75) is 33.6 Å². The first-order valence-electron chi connectivity index (χ1n) is 12.4. The molecule has 3 aromatic rings. The second-order valence-electron chi connectivity index (χ2n) is 8.43. The fourth-order valence-electron chi connectivity index (χ4n) is 3.39. The van der Waals surface area contributed by atoms with Crippen LogP contribution < -0.4 is 10.1 Å². The number of carbonyl (C=O) groups excluding carboxylic acids is 1. The Morgan fingerprint density at radius 2 is 1.46 bits per heavy atom. The summed E-state index contributed by atoms with van der Waals surface area (Å²) >= 11 is 0. The van der Waals surface area contributed by atoms with E-state index in [1.807, 2.05) is 0 Å². The minimum atomic E-state index is -4.42. The summed E-state index contributed by atoms with van der Waals surface area (Å²) in [5, 5.41) is 14.7. The first kappa shape index (κ1) is 30.7. The Labute approximate surface area is 235 Å². The lowest BCUT2D eigenvalue weighted by atomic mass is 10.1. The minimum Gasteiger partial charge on any atom is -0.457 e. The number of alkyl halides is 3. The van der Waals surface area contributed by atoms with Gasteiger partial charge in [-0.05, 0) is 75.4 Å². The summed E-state index contributed by atoms with van der Waals surface area (Å²) in [6.45, 7) is 5.39. The van der Waals surface area contributed by atoms with Gasteiger partial charge in [0.1, 0.15) is 49.0 Å². The molecule has 0 aromatic heterocycles. The van der Waals surface area contributed by atoms with Crippen molar-refractivity contribution in [1.82, 2.24) is 0 Å². The molecule has 0 aliphatic carbocycles. The van der Waals surface area contributed by atoms with Crippen LogP contribution >= 0.6 is 0 Å². The van der Waals surface area contributed by atoms with Crippen molar-refractivity contribution >= 4 is 28.7 Å². The highest BCUT2D eigenvalue weighted by Gasteiger charge is 2.30. The van der Waals surface area contributed by atoms with Crippen molar-refractivity contribution in [3.05, 3.63) is 89.5 Å². The van der Waals surface area contributed by atoms with Crippen LogP contribution in [0, 0.1) is 0 Å². The van der Waals surface area contributed by atoms with E-state index in [9.17, 15) is 18.0 Å². The van der Waals surface area contributed by atoms with Gasteiger partial charge in [-0.1, -0.05) is 33.7 Å². The molecule has 0 atom stereocenters. The van der Waals surface area contributed by atoms with Crippen LogP contribution in [0.4, 0.5) is 18.9 Å². The molecule has 1 N–H and O–H groups in total. The summed E-state index contributed by atoms with van der Waals surface area (Å²) in [6.07, 6.45) is -4.42. The molecule has 12 heteroatoms. The topological polar surface area (TPSA) is 103 Å². The molecule has 1 amide bonds. The number of halogens is 3. The predicted octanol–water partition coefficient (Wildman–Crippen LogP) is 6.79. The molecule has 0 saturated heterocycles. The number of hydrogen-bond acceptors (Lipinski definition) is 8. The van der Waals surface area contributed by atoms with E-state index >= 15 is 0 Å². The van der Waals surface area contributed by atoms with Gasteiger partial charge in [0.15, 0.2) is 0 Å². The van der Waals surface area contributed by atoms with Gasteiger partial charge in [-0.3, -0.25) is 4.79 Å². The zero-order valence-corrected chi connectivity index (χ0v) is 22.9. The summed E-state index contributed by atoms with van der Waals surface area (Å²) in [5.41, 5.74) is 2.07. The van der Waals surface area contributed by atoms with Crippen LogP contribution in [0.3, 0.4) is 0 Å². The normalized spacial score (nSPS) is 12.5. The largest absolute Gasteiger partial charge is 0.457 e. The third-order valence-electron chi connectivity index (χ3n) is 5.42. The molecule has 9 nitrogen and oxygen atoms in total. The smallest absolute Gasteiger partial charge is 0.416 e. The third kappa shape index (κ3) is 9.09. The van der Waals surface area contributed by atoms with Crippen molar-refractivity contribution in [3.8, 4) is 11.5 Å². The zero-order chi connectivity index (χ0) is 29.8. The van der Waals surface area contributed by atoms with Gasteiger partial charge >= 0.3 is 6.18 Å². The lowest BCUT2D eigenvalue weighted by molar-refractivity contribution is -0.137. The maximum Gasteiger partial charge on any atom is 0.416 e. The average Bonchev–Trinajstić information content (AvgIpc) is 2.95. The summed E-state index contributed by atoms with van der Waals surface area (Å²) < 4.78 is 44.0. The SMILES string of the molecule is CCON=C(C(C)=NOCc1ccccc1NC(=O)C(C)=NOC)c1ccc(Oc2ccc(C(F)(F)F)cc2)cc1. The molecular weight excluding hydrogens is 541 g/mol. The van der Waals surface area contributed by atoms with Crippen LogP contribution in [-0.2, 0) is 32.1 Å². The van der Waals surface area contributed by atoms with Gasteiger partial charge in [0.25, 0.3) is 5.91 Å². The highest BCUT2D eigenvalue weighted by atomic mass is 19.4. The van der Waals surface area contributed by atoms with Gasteiger partial charge in [0, 0.05) is 16.8 Å². The molecule has 0 saturated carbocycles. The number of nitrogens with zero attached hydrogens (tertiary/aromatic N) is 3. The van der Waals surface area contributed by atoms with Gasteiger partial charge in [0.05, 0.1) is 5.56 Å². The standard InChI is InChI=1S/C29H29F3N4O5/c1-5-39-36-27(21-10-14-24(15-11-21)41-25-16-12-23(13-17-25)29(30,31)32)19(2)35-40-18-22-8-6-7-9-26(22)33-28(37)20(3)34-38-4/h6-17H,5,18H2,1-4H3,(H,33,37). The summed E-state index contributed by atoms with van der Waals surface area (Å²) in [5.74, 6) is 0.258. The van der Waals surface area contributed by atoms with Gasteiger partial charge in [-0.2, -0.15) is 13.2 Å². The van der Waals surface area contributed by atoms with Crippen molar-refractivity contribution in [2.75, 3.05) is 19.0 Å². The molecule has 41 heavy (non-hydrogen) atoms. The third-order valence-corrected chi connectivity index (χ3v) is 5.42. The number of oxime groups is 3. The number of rotatable bonds is 12. The van der Waals surface area contributed by atoms with E-state index < -0.39 is 17.6 Å². The summed E-state index contributed by atoms with van der Waals surface area (Å²) in [6, 6.07) is 18.2. The first-order chi connectivity index (χ1) is 19.6. The molecular formula is C29H29F3N4O5. The Balaban J connectivity index is 1.70. The van der Waals surface area contributed by atoms with Gasteiger partial charge < -0.3 is 24.6 Å². The molecule has 0 radical (unpaired) electrons. The Morgan fingerprint density at radius 3 is 2.07 bits per heavy atom. The fourth-order valence-corrected chi connectivity index (χ4v) is 3.39. The van der Waals surface area contributed by atoms with Crippen LogP contribution in [0.2, 0.25) is 0 Å². The van der Waals surface area contributed by atoms with E-state index in [0.717, 1.165) is 12.1 Å². The molecule has 0 aliphatic rings. The number of benzene rings is 3. The number of nitrogens with one attached hydrogen (secondary N) is 1. The molecule has 0 bridgehead atoms. The van der Waals surface area contributed by atoms with Crippen LogP contribution in [0.1, 0.15) is 37.5 Å². The minimum absolute atomic E-state index is 0.0517. The van der Waals surface area contributed by atoms with E-state index in [2.05, 4.69) is 25.6 Å². The number of amides is 1. The molecule has 0 spiro atoms. The molecule has 3 aromatic carbocycles. The molecule has 0 heterocycles. The molecule has 0 aliphatic heterocycles. The van der Waals surface area contributed by atoms with Crippen molar-refractivity contribution < 1.29 is 37.2 Å². The van der Waals surface area contributed by atoms with Crippen LogP contribution in [0.15, 0.2) is 88.3 Å². The molecule has 0 fully saturated rings. The highest BCUT2D eigenvalue weighted by Crippen LogP contribution is 2.31. The van der Waals surface area contributed by atoms with E-state index in [4.69, 9.17) is 14.4 Å². The molecule has 216 valence electrons. The Bertz CT molecular complexity index is 1400. The van der Waals surface area contributed by atoms with Crippen molar-refractivity contribution in [3.63, 3.8) is 0 Å². The Kier molecular flexibility index (Phi) is 10.8. The van der Waals surface area contributed by atoms with E-state index in [-0.39, 0.29) is 18.1 Å². The zero-order valence-electron chi connectivity index (χ0n) is 22.9. The number of hydrogen-bond donors (Lipinski definition) is 1. The van der Waals surface area contributed by atoms with Gasteiger partial charge in [0.2, 0.25) is 0 Å². The van der Waals surface area contributed by atoms with Crippen LogP contribution in [0.5, 0.6) is 11.5 Å². The second kappa shape index (κ2) is 14.5. The fraction of sp³-hybridized carbons (Fsp3) is 0.241. The summed E-state index contributed by atoms with van der Waals surface area (Å²) in [7, 11) is 1.35. The number of anilines is 1. The average molecular weight is 571 g/mol. The number of para-hydroxylation sites is 1.